The number of hydrogen-bond acceptors (Lipinski definition) is 5. The highest BCUT2D eigenvalue weighted by atomic mass is 16.2. The van der Waals surface area contributed by atoms with Gasteiger partial charge in [0.1, 0.15) is 0 Å². The topological polar surface area (TPSA) is 85.0 Å². The largest absolute Gasteiger partial charge is 0.339 e. The van der Waals surface area contributed by atoms with Gasteiger partial charge in [0.2, 0.25) is 11.8 Å². The van der Waals surface area contributed by atoms with Gasteiger partial charge < -0.3 is 10.2 Å². The van der Waals surface area contributed by atoms with Crippen molar-refractivity contribution >= 4 is 17.8 Å². The fraction of sp³-hybridized carbons (Fsp3) is 0.812. The molecule has 24 heavy (non-hydrogen) atoms. The van der Waals surface area contributed by atoms with Gasteiger partial charge in [-0.15, -0.1) is 0 Å². The average Bonchev–Trinajstić information content (AvgIpc) is 3.07. The lowest BCUT2D eigenvalue weighted by Gasteiger charge is -2.37. The summed E-state index contributed by atoms with van der Waals surface area (Å²) in [6, 6.07) is -0.850. The molecule has 136 valence electrons. The minimum atomic E-state index is -0.464. The first kappa shape index (κ1) is 18.7. The third-order valence-electron chi connectivity index (χ3n) is 4.73. The Kier molecular flexibility index (Phi) is 6.99. The number of nitrogens with zero attached hydrogens (tertiary/aromatic N) is 3. The van der Waals surface area contributed by atoms with Gasteiger partial charge in [0.15, 0.2) is 0 Å². The van der Waals surface area contributed by atoms with E-state index in [-0.39, 0.29) is 17.9 Å². The third kappa shape index (κ3) is 5.17. The standard InChI is InChI=1S/C16H29N5O3/c1-3-17-16(24)18-15(23)13(2)20-8-10-21(11-9-20)14(22)12-19-6-4-5-7-19/h13H,3-12H2,1-2H3,(H2,17,18,23,24). The van der Waals surface area contributed by atoms with E-state index in [2.05, 4.69) is 15.5 Å². The summed E-state index contributed by atoms with van der Waals surface area (Å²) in [5, 5.41) is 4.89. The van der Waals surface area contributed by atoms with Crippen molar-refractivity contribution in [1.29, 1.82) is 0 Å². The van der Waals surface area contributed by atoms with Crippen LogP contribution in [0.25, 0.3) is 0 Å². The van der Waals surface area contributed by atoms with Gasteiger partial charge in [-0.2, -0.15) is 0 Å². The fourth-order valence-electron chi connectivity index (χ4n) is 3.18. The predicted octanol–water partition coefficient (Wildman–Crippen LogP) is -0.539. The third-order valence-corrected chi connectivity index (χ3v) is 4.73. The van der Waals surface area contributed by atoms with Crippen LogP contribution in [-0.4, -0.2) is 90.9 Å². The van der Waals surface area contributed by atoms with Gasteiger partial charge in [-0.1, -0.05) is 0 Å². The van der Waals surface area contributed by atoms with Crippen molar-refractivity contribution in [2.45, 2.75) is 32.7 Å². The molecule has 0 aromatic heterocycles. The molecule has 0 aromatic rings. The molecule has 2 aliphatic rings. The lowest BCUT2D eigenvalue weighted by Crippen LogP contribution is -2.57. The lowest BCUT2D eigenvalue weighted by molar-refractivity contribution is -0.135. The second-order valence-electron chi connectivity index (χ2n) is 6.42. The predicted molar refractivity (Wildman–Crippen MR) is 90.5 cm³/mol. The zero-order valence-electron chi connectivity index (χ0n) is 14.7. The Morgan fingerprint density at radius 1 is 1.00 bits per heavy atom. The Labute approximate surface area is 143 Å². The van der Waals surface area contributed by atoms with E-state index in [1.54, 1.807) is 13.8 Å². The van der Waals surface area contributed by atoms with E-state index in [9.17, 15) is 14.4 Å². The second-order valence-corrected chi connectivity index (χ2v) is 6.42. The molecule has 1 unspecified atom stereocenters. The molecule has 0 aliphatic carbocycles. The van der Waals surface area contributed by atoms with Crippen molar-refractivity contribution in [3.05, 3.63) is 0 Å². The smallest absolute Gasteiger partial charge is 0.321 e. The zero-order valence-corrected chi connectivity index (χ0v) is 14.7. The summed E-state index contributed by atoms with van der Waals surface area (Å²) < 4.78 is 0. The molecule has 2 aliphatic heterocycles. The molecule has 2 heterocycles. The number of hydrogen-bond donors (Lipinski definition) is 2. The highest BCUT2D eigenvalue weighted by Crippen LogP contribution is 2.10. The van der Waals surface area contributed by atoms with E-state index >= 15 is 0 Å². The minimum absolute atomic E-state index is 0.177. The molecule has 8 heteroatoms. The zero-order chi connectivity index (χ0) is 17.5. The first-order valence-electron chi connectivity index (χ1n) is 8.84. The Balaban J connectivity index is 1.73. The SMILES string of the molecule is CCNC(=O)NC(=O)C(C)N1CCN(C(=O)CN2CCCC2)CC1. The number of piperazine rings is 1. The molecule has 4 amide bonds. The summed E-state index contributed by atoms with van der Waals surface area (Å²) in [5.74, 6) is -0.131. The van der Waals surface area contributed by atoms with Crippen molar-refractivity contribution < 1.29 is 14.4 Å². The summed E-state index contributed by atoms with van der Waals surface area (Å²) in [7, 11) is 0. The van der Waals surface area contributed by atoms with Crippen molar-refractivity contribution in [2.75, 3.05) is 52.4 Å². The molecule has 0 spiro atoms. The van der Waals surface area contributed by atoms with Crippen LogP contribution in [0.4, 0.5) is 4.79 Å². The normalized spacial score (nSPS) is 20.7. The van der Waals surface area contributed by atoms with Crippen LogP contribution >= 0.6 is 0 Å². The quantitative estimate of drug-likeness (QED) is 0.703. The van der Waals surface area contributed by atoms with Gasteiger partial charge in [-0.25, -0.2) is 4.79 Å². The number of likely N-dealkylation sites (tertiary alicyclic amines) is 1. The lowest BCUT2D eigenvalue weighted by atomic mass is 10.2. The van der Waals surface area contributed by atoms with Crippen LogP contribution in [0.1, 0.15) is 26.7 Å². The van der Waals surface area contributed by atoms with Crippen LogP contribution in [0.15, 0.2) is 0 Å². The van der Waals surface area contributed by atoms with Gasteiger partial charge in [0.25, 0.3) is 0 Å². The molecule has 1 atom stereocenters. The Morgan fingerprint density at radius 2 is 1.62 bits per heavy atom. The van der Waals surface area contributed by atoms with E-state index in [0.717, 1.165) is 13.1 Å². The average molecular weight is 339 g/mol. The van der Waals surface area contributed by atoms with E-state index in [4.69, 9.17) is 0 Å². The monoisotopic (exact) mass is 339 g/mol. The van der Waals surface area contributed by atoms with Gasteiger partial charge in [-0.3, -0.25) is 24.7 Å². The van der Waals surface area contributed by atoms with Crippen LogP contribution in [0.2, 0.25) is 0 Å². The van der Waals surface area contributed by atoms with Gasteiger partial charge in [-0.05, 0) is 39.8 Å². The van der Waals surface area contributed by atoms with Crippen molar-refractivity contribution in [3.8, 4) is 0 Å². The molecular formula is C16H29N5O3. The van der Waals surface area contributed by atoms with Crippen LogP contribution in [0.5, 0.6) is 0 Å². The summed E-state index contributed by atoms with van der Waals surface area (Å²) in [6.07, 6.45) is 2.36. The molecule has 2 rings (SSSR count). The molecule has 0 aromatic carbocycles. The van der Waals surface area contributed by atoms with Crippen LogP contribution in [0.3, 0.4) is 0 Å². The summed E-state index contributed by atoms with van der Waals surface area (Å²) in [6.45, 7) is 9.16. The molecule has 0 bridgehead atoms. The van der Waals surface area contributed by atoms with Crippen LogP contribution < -0.4 is 10.6 Å². The summed E-state index contributed by atoms with van der Waals surface area (Å²) >= 11 is 0. The first-order chi connectivity index (χ1) is 11.5. The highest BCUT2D eigenvalue weighted by molar-refractivity contribution is 5.96. The number of amides is 4. The molecule has 0 radical (unpaired) electrons. The van der Waals surface area contributed by atoms with E-state index in [1.165, 1.54) is 12.8 Å². The number of imide groups is 1. The molecule has 2 fully saturated rings. The minimum Gasteiger partial charge on any atom is -0.339 e. The second kappa shape index (κ2) is 8.98. The number of nitrogens with one attached hydrogen (secondary N) is 2. The molecule has 0 saturated carbocycles. The number of carbonyl (C=O) groups excluding carboxylic acids is 3. The number of rotatable bonds is 5. The summed E-state index contributed by atoms with van der Waals surface area (Å²) in [4.78, 5) is 41.9. The van der Waals surface area contributed by atoms with Crippen molar-refractivity contribution in [2.24, 2.45) is 0 Å². The van der Waals surface area contributed by atoms with E-state index < -0.39 is 6.03 Å². The molecule has 8 nitrogen and oxygen atoms in total. The van der Waals surface area contributed by atoms with Crippen molar-refractivity contribution in [3.63, 3.8) is 0 Å². The Morgan fingerprint density at radius 3 is 2.21 bits per heavy atom. The Bertz CT molecular complexity index is 457. The van der Waals surface area contributed by atoms with Crippen LogP contribution in [-0.2, 0) is 9.59 Å². The maximum Gasteiger partial charge on any atom is 0.321 e. The Hall–Kier alpha value is -1.67. The fourth-order valence-corrected chi connectivity index (χ4v) is 3.18. The van der Waals surface area contributed by atoms with E-state index in [0.29, 0.717) is 39.3 Å². The molecule has 2 N–H and O–H groups in total. The first-order valence-corrected chi connectivity index (χ1v) is 8.84. The number of carbonyl (C=O) groups is 3. The summed E-state index contributed by atoms with van der Waals surface area (Å²) in [5.41, 5.74) is 0. The molecular weight excluding hydrogens is 310 g/mol. The van der Waals surface area contributed by atoms with Crippen molar-refractivity contribution in [1.82, 2.24) is 25.3 Å². The molecule has 2 saturated heterocycles. The highest BCUT2D eigenvalue weighted by Gasteiger charge is 2.29. The van der Waals surface area contributed by atoms with Gasteiger partial charge in [0.05, 0.1) is 12.6 Å². The maximum atomic E-state index is 12.3. The van der Waals surface area contributed by atoms with E-state index in [1.807, 2.05) is 9.80 Å². The maximum absolute atomic E-state index is 12.3. The number of urea groups is 1. The van der Waals surface area contributed by atoms with Crippen LogP contribution in [0, 0.1) is 0 Å². The van der Waals surface area contributed by atoms with Gasteiger partial charge >= 0.3 is 6.03 Å². The van der Waals surface area contributed by atoms with Gasteiger partial charge in [0, 0.05) is 32.7 Å².